The molecule has 0 amide bonds. The Morgan fingerprint density at radius 3 is 1.31 bits per heavy atom. The fourth-order valence-electron chi connectivity index (χ4n) is 1.49. The predicted octanol–water partition coefficient (Wildman–Crippen LogP) is 3.53. The highest BCUT2D eigenvalue weighted by atomic mass is 19.4. The Hall–Kier alpha value is -0.420. The van der Waals surface area contributed by atoms with Crippen LogP contribution in [0.5, 0.6) is 0 Å². The Kier molecular flexibility index (Phi) is 2.51. The lowest BCUT2D eigenvalue weighted by Crippen LogP contribution is -2.44. The van der Waals surface area contributed by atoms with Crippen molar-refractivity contribution in [1.82, 2.24) is 0 Å². The van der Waals surface area contributed by atoms with Gasteiger partial charge >= 0.3 is 12.4 Å². The molecule has 0 heterocycles. The molecule has 0 aromatic heterocycles. The summed E-state index contributed by atoms with van der Waals surface area (Å²) in [6.07, 6.45) is -9.77. The summed E-state index contributed by atoms with van der Waals surface area (Å²) in [5.41, 5.74) is 0. The molecule has 6 heteroatoms. The monoisotopic (exact) mass is 206 g/mol. The molecule has 0 N–H and O–H groups in total. The van der Waals surface area contributed by atoms with Gasteiger partial charge in [0.25, 0.3) is 0 Å². The minimum atomic E-state index is -5.15. The lowest BCUT2D eigenvalue weighted by molar-refractivity contribution is -0.304. The van der Waals surface area contributed by atoms with Gasteiger partial charge in [-0.3, -0.25) is 0 Å². The lowest BCUT2D eigenvalue weighted by atomic mass is 9.75. The highest BCUT2D eigenvalue weighted by molar-refractivity contribution is 4.86. The van der Waals surface area contributed by atoms with E-state index in [1.54, 1.807) is 0 Å². The molecule has 0 nitrogen and oxygen atoms in total. The van der Waals surface area contributed by atoms with Gasteiger partial charge in [0.15, 0.2) is 5.92 Å². The molecule has 0 bridgehead atoms. The second-order valence-corrected chi connectivity index (χ2v) is 3.25. The van der Waals surface area contributed by atoms with Gasteiger partial charge in [-0.05, 0) is 18.8 Å². The van der Waals surface area contributed by atoms with Crippen LogP contribution in [0.2, 0.25) is 0 Å². The van der Waals surface area contributed by atoms with E-state index in [4.69, 9.17) is 0 Å². The van der Waals surface area contributed by atoms with Crippen molar-refractivity contribution in [3.8, 4) is 0 Å². The number of rotatable bonds is 1. The minimum absolute atomic E-state index is 0.0314. The van der Waals surface area contributed by atoms with E-state index in [1.165, 1.54) is 0 Å². The summed E-state index contributed by atoms with van der Waals surface area (Å²) in [5, 5.41) is 0. The standard InChI is InChI=1S/C7H8F6/c8-6(9,10)5(7(11,12)13)4-2-1-3-4/h4-5H,1-3H2. The maximum atomic E-state index is 12.0. The number of hydrogen-bond donors (Lipinski definition) is 0. The van der Waals surface area contributed by atoms with Crippen molar-refractivity contribution < 1.29 is 26.3 Å². The summed E-state index contributed by atoms with van der Waals surface area (Å²) in [5.74, 6) is -4.37. The Morgan fingerprint density at radius 2 is 1.23 bits per heavy atom. The van der Waals surface area contributed by atoms with Crippen LogP contribution >= 0.6 is 0 Å². The molecule has 0 unspecified atom stereocenters. The smallest absolute Gasteiger partial charge is 0.170 e. The molecule has 13 heavy (non-hydrogen) atoms. The molecule has 0 aromatic carbocycles. The van der Waals surface area contributed by atoms with Gasteiger partial charge in [-0.15, -0.1) is 0 Å². The average molecular weight is 206 g/mol. The van der Waals surface area contributed by atoms with Gasteiger partial charge in [0, 0.05) is 0 Å². The SMILES string of the molecule is FC(F)(F)C(C1CCC1)C(F)(F)F. The highest BCUT2D eigenvalue weighted by Crippen LogP contribution is 2.49. The van der Waals surface area contributed by atoms with Crippen LogP contribution in [0.1, 0.15) is 19.3 Å². The van der Waals surface area contributed by atoms with Gasteiger partial charge < -0.3 is 0 Å². The van der Waals surface area contributed by atoms with E-state index >= 15 is 0 Å². The van der Waals surface area contributed by atoms with Crippen LogP contribution in [0.4, 0.5) is 26.3 Å². The zero-order chi connectivity index (χ0) is 10.3. The molecule has 0 spiro atoms. The second-order valence-electron chi connectivity index (χ2n) is 3.25. The van der Waals surface area contributed by atoms with Crippen LogP contribution in [0.25, 0.3) is 0 Å². The van der Waals surface area contributed by atoms with E-state index in [1.807, 2.05) is 0 Å². The van der Waals surface area contributed by atoms with E-state index in [0.717, 1.165) is 0 Å². The molecule has 0 saturated heterocycles. The van der Waals surface area contributed by atoms with Gasteiger partial charge in [-0.2, -0.15) is 26.3 Å². The van der Waals surface area contributed by atoms with Crippen LogP contribution in [0, 0.1) is 11.8 Å². The van der Waals surface area contributed by atoms with Gasteiger partial charge in [0.05, 0.1) is 0 Å². The molecule has 78 valence electrons. The maximum Gasteiger partial charge on any atom is 0.400 e. The summed E-state index contributed by atoms with van der Waals surface area (Å²) in [7, 11) is 0. The average Bonchev–Trinajstić information content (AvgIpc) is 1.71. The van der Waals surface area contributed by atoms with Crippen LogP contribution in [-0.2, 0) is 0 Å². The quantitative estimate of drug-likeness (QED) is 0.575. The second kappa shape index (κ2) is 3.06. The molecule has 0 aromatic rings. The van der Waals surface area contributed by atoms with Crippen molar-refractivity contribution in [2.24, 2.45) is 11.8 Å². The van der Waals surface area contributed by atoms with Crippen molar-refractivity contribution in [1.29, 1.82) is 0 Å². The fourth-order valence-corrected chi connectivity index (χ4v) is 1.49. The van der Waals surface area contributed by atoms with E-state index in [0.29, 0.717) is 6.42 Å². The zero-order valence-corrected chi connectivity index (χ0v) is 6.54. The lowest BCUT2D eigenvalue weighted by Gasteiger charge is -2.35. The molecular formula is C7H8F6. The maximum absolute atomic E-state index is 12.0. The molecule has 0 aliphatic heterocycles. The molecular weight excluding hydrogens is 198 g/mol. The Bertz CT molecular complexity index is 160. The van der Waals surface area contributed by atoms with Crippen molar-refractivity contribution in [3.05, 3.63) is 0 Å². The van der Waals surface area contributed by atoms with Crippen molar-refractivity contribution in [2.75, 3.05) is 0 Å². The van der Waals surface area contributed by atoms with E-state index < -0.39 is 24.2 Å². The van der Waals surface area contributed by atoms with E-state index in [2.05, 4.69) is 0 Å². The van der Waals surface area contributed by atoms with Crippen LogP contribution in [0.15, 0.2) is 0 Å². The third-order valence-electron chi connectivity index (χ3n) is 2.33. The summed E-state index contributed by atoms with van der Waals surface area (Å²) >= 11 is 0. The third-order valence-corrected chi connectivity index (χ3v) is 2.33. The molecule has 1 aliphatic carbocycles. The largest absolute Gasteiger partial charge is 0.400 e. The summed E-state index contributed by atoms with van der Waals surface area (Å²) in [6, 6.07) is 0. The predicted molar refractivity (Wildman–Crippen MR) is 32.9 cm³/mol. The van der Waals surface area contributed by atoms with Crippen molar-refractivity contribution in [2.45, 2.75) is 31.6 Å². The van der Waals surface area contributed by atoms with Crippen LogP contribution < -0.4 is 0 Å². The summed E-state index contributed by atoms with van der Waals surface area (Å²) < 4.78 is 71.8. The molecule has 0 atom stereocenters. The molecule has 1 rings (SSSR count). The Labute approximate surface area is 70.9 Å². The Morgan fingerprint density at radius 1 is 0.846 bits per heavy atom. The number of halogens is 6. The number of hydrogen-bond acceptors (Lipinski definition) is 0. The number of alkyl halides is 6. The molecule has 1 fully saturated rings. The third kappa shape index (κ3) is 2.28. The van der Waals surface area contributed by atoms with Crippen molar-refractivity contribution >= 4 is 0 Å². The first-order valence-corrected chi connectivity index (χ1v) is 3.86. The van der Waals surface area contributed by atoms with Crippen LogP contribution in [-0.4, -0.2) is 12.4 Å². The normalized spacial score (nSPS) is 20.5. The van der Waals surface area contributed by atoms with Gasteiger partial charge in [-0.1, -0.05) is 6.42 Å². The Balaban J connectivity index is 2.76. The first-order chi connectivity index (χ1) is 5.73. The van der Waals surface area contributed by atoms with Gasteiger partial charge in [0.1, 0.15) is 0 Å². The van der Waals surface area contributed by atoms with E-state index in [-0.39, 0.29) is 12.8 Å². The summed E-state index contributed by atoms with van der Waals surface area (Å²) in [4.78, 5) is 0. The van der Waals surface area contributed by atoms with Gasteiger partial charge in [-0.25, -0.2) is 0 Å². The fraction of sp³-hybridized carbons (Fsp3) is 1.00. The van der Waals surface area contributed by atoms with E-state index in [9.17, 15) is 26.3 Å². The van der Waals surface area contributed by atoms with Crippen molar-refractivity contribution in [3.63, 3.8) is 0 Å². The summed E-state index contributed by atoms with van der Waals surface area (Å²) in [6.45, 7) is 0. The highest BCUT2D eigenvalue weighted by Gasteiger charge is 2.60. The van der Waals surface area contributed by atoms with Crippen LogP contribution in [0.3, 0.4) is 0 Å². The first-order valence-electron chi connectivity index (χ1n) is 3.86. The molecule has 1 aliphatic rings. The molecule has 1 saturated carbocycles. The zero-order valence-electron chi connectivity index (χ0n) is 6.54. The van der Waals surface area contributed by atoms with Gasteiger partial charge in [0.2, 0.25) is 0 Å². The first kappa shape index (κ1) is 10.7. The minimum Gasteiger partial charge on any atom is -0.170 e. The topological polar surface area (TPSA) is 0 Å². The molecule has 0 radical (unpaired) electrons.